The fourth-order valence-electron chi connectivity index (χ4n) is 4.20. The van der Waals surface area contributed by atoms with Gasteiger partial charge in [-0.2, -0.15) is 0 Å². The van der Waals surface area contributed by atoms with Gasteiger partial charge in [0, 0.05) is 38.3 Å². The van der Waals surface area contributed by atoms with E-state index in [1.807, 2.05) is 45.9 Å². The summed E-state index contributed by atoms with van der Waals surface area (Å²) in [5, 5.41) is 15.6. The molecule has 0 aliphatic carbocycles. The minimum absolute atomic E-state index is 0.0636. The van der Waals surface area contributed by atoms with Gasteiger partial charge in [-0.1, -0.05) is 64.4 Å². The first-order chi connectivity index (χ1) is 21.4. The van der Waals surface area contributed by atoms with Gasteiger partial charge in [0.15, 0.2) is 0 Å². The van der Waals surface area contributed by atoms with Crippen molar-refractivity contribution in [3.05, 3.63) is 35.9 Å². The average molecular weight is 631 g/mol. The van der Waals surface area contributed by atoms with E-state index in [1.165, 1.54) is 0 Å². The molecule has 0 saturated heterocycles. The smallest absolute Gasteiger partial charge is 0.243 e. The molecule has 6 amide bonds. The van der Waals surface area contributed by atoms with Crippen LogP contribution in [0.15, 0.2) is 30.3 Å². The van der Waals surface area contributed by atoms with Crippen LogP contribution in [0.25, 0.3) is 0 Å². The lowest BCUT2D eigenvalue weighted by Gasteiger charge is -2.19. The predicted molar refractivity (Wildman–Crippen MR) is 169 cm³/mol. The number of benzene rings is 1. The van der Waals surface area contributed by atoms with Crippen LogP contribution in [0.2, 0.25) is 0 Å². The Labute approximate surface area is 265 Å². The topological polar surface area (TPSA) is 192 Å². The van der Waals surface area contributed by atoms with Crippen LogP contribution in [-0.4, -0.2) is 80.5 Å². The summed E-state index contributed by atoms with van der Waals surface area (Å²) < 4.78 is 0. The number of amides is 6. The van der Waals surface area contributed by atoms with Crippen molar-refractivity contribution in [2.24, 2.45) is 17.8 Å². The van der Waals surface area contributed by atoms with Crippen molar-refractivity contribution in [3.63, 3.8) is 0 Å². The van der Waals surface area contributed by atoms with E-state index in [4.69, 9.17) is 0 Å². The third-order valence-electron chi connectivity index (χ3n) is 6.83. The van der Waals surface area contributed by atoms with Crippen molar-refractivity contribution in [2.45, 2.75) is 72.3 Å². The van der Waals surface area contributed by atoms with Crippen LogP contribution in [0.3, 0.4) is 0 Å². The molecule has 0 bridgehead atoms. The monoisotopic (exact) mass is 630 g/mol. The normalized spacial score (nSPS) is 12.0. The van der Waals surface area contributed by atoms with Crippen LogP contribution in [0, 0.1) is 17.8 Å². The molecule has 45 heavy (non-hydrogen) atoms. The Kier molecular flexibility index (Phi) is 19.2. The highest BCUT2D eigenvalue weighted by Crippen LogP contribution is 2.14. The van der Waals surface area contributed by atoms with E-state index in [-0.39, 0.29) is 67.8 Å². The second kappa shape index (κ2) is 22.3. The van der Waals surface area contributed by atoms with Crippen LogP contribution in [0.1, 0.15) is 65.4 Å². The minimum atomic E-state index is -0.976. The fourth-order valence-corrected chi connectivity index (χ4v) is 4.20. The molecule has 0 heterocycles. The summed E-state index contributed by atoms with van der Waals surface area (Å²) in [6.45, 7) is 7.67. The van der Waals surface area contributed by atoms with Gasteiger partial charge in [-0.25, -0.2) is 0 Å². The van der Waals surface area contributed by atoms with Gasteiger partial charge < -0.3 is 36.7 Å². The van der Waals surface area contributed by atoms with Crippen LogP contribution in [-0.2, 0) is 40.0 Å². The van der Waals surface area contributed by atoms with E-state index >= 15 is 0 Å². The predicted octanol–water partition coefficient (Wildman–Crippen LogP) is 0.373. The van der Waals surface area contributed by atoms with Crippen LogP contribution < -0.4 is 31.9 Å². The van der Waals surface area contributed by atoms with Crippen molar-refractivity contribution in [1.82, 2.24) is 31.9 Å². The number of hydrogen-bond acceptors (Lipinski definition) is 7. The zero-order valence-electron chi connectivity index (χ0n) is 26.9. The standard InChI is InChI=1S/C32H50N6O7/c1-22(2)18-34-29(42)20-37-32(45)26(17-24-11-7-5-8-12-24)38-30(43)21-36-28(41)19-35-27(40)13-9-6-10-15-33-31(44)25(14-16-39)23(3)4/h5,7-8,11-12,16,22-23,25-26H,6,9-10,13-15,17-21H2,1-4H3,(H,33,44)(H,34,42)(H,35,40)(H,36,41)(H,37,45)(H,38,43). The molecular formula is C32H50N6O7. The highest BCUT2D eigenvalue weighted by Gasteiger charge is 2.23. The van der Waals surface area contributed by atoms with E-state index in [0.29, 0.717) is 32.4 Å². The molecule has 250 valence electrons. The molecule has 6 N–H and O–H groups in total. The SMILES string of the molecule is CC(C)CNC(=O)CNC(=O)C(Cc1ccccc1)NC(=O)CNC(=O)CNC(=O)CCCCCNC(=O)C(CC=O)C(C)C. The van der Waals surface area contributed by atoms with Crippen molar-refractivity contribution in [1.29, 1.82) is 0 Å². The second-order valence-corrected chi connectivity index (χ2v) is 11.6. The summed E-state index contributed by atoms with van der Waals surface area (Å²) in [4.78, 5) is 84.6. The fraction of sp³-hybridized carbons (Fsp3) is 0.594. The van der Waals surface area contributed by atoms with Gasteiger partial charge in [0.2, 0.25) is 35.4 Å². The van der Waals surface area contributed by atoms with Gasteiger partial charge in [0.25, 0.3) is 0 Å². The molecule has 0 radical (unpaired) electrons. The molecule has 0 aromatic heterocycles. The molecule has 0 spiro atoms. The van der Waals surface area contributed by atoms with E-state index < -0.39 is 30.3 Å². The number of aldehydes is 1. The van der Waals surface area contributed by atoms with Crippen LogP contribution >= 0.6 is 0 Å². The van der Waals surface area contributed by atoms with Gasteiger partial charge >= 0.3 is 0 Å². The highest BCUT2D eigenvalue weighted by molar-refractivity contribution is 5.92. The maximum absolute atomic E-state index is 12.8. The number of rotatable bonds is 22. The first kappa shape index (κ1) is 38.7. The van der Waals surface area contributed by atoms with E-state index in [1.54, 1.807) is 12.1 Å². The third-order valence-corrected chi connectivity index (χ3v) is 6.83. The second-order valence-electron chi connectivity index (χ2n) is 11.6. The van der Waals surface area contributed by atoms with Gasteiger partial charge in [-0.3, -0.25) is 28.8 Å². The Morgan fingerprint density at radius 1 is 0.689 bits per heavy atom. The van der Waals surface area contributed by atoms with Gasteiger partial charge in [0.1, 0.15) is 12.3 Å². The summed E-state index contributed by atoms with van der Waals surface area (Å²) in [6.07, 6.45) is 3.26. The summed E-state index contributed by atoms with van der Waals surface area (Å²) in [5.74, 6) is -2.54. The van der Waals surface area contributed by atoms with Crippen molar-refractivity contribution >= 4 is 41.7 Å². The van der Waals surface area contributed by atoms with Crippen molar-refractivity contribution in [2.75, 3.05) is 32.7 Å². The summed E-state index contributed by atoms with van der Waals surface area (Å²) >= 11 is 0. The number of unbranched alkanes of at least 4 members (excludes halogenated alkanes) is 2. The zero-order valence-corrected chi connectivity index (χ0v) is 26.9. The molecule has 0 aliphatic heterocycles. The Bertz CT molecular complexity index is 1110. The summed E-state index contributed by atoms with van der Waals surface area (Å²) in [7, 11) is 0. The van der Waals surface area contributed by atoms with Crippen LogP contribution in [0.4, 0.5) is 0 Å². The number of carbonyl (C=O) groups excluding carboxylic acids is 7. The minimum Gasteiger partial charge on any atom is -0.356 e. The summed E-state index contributed by atoms with van der Waals surface area (Å²) in [6, 6.07) is 8.08. The first-order valence-corrected chi connectivity index (χ1v) is 15.5. The lowest BCUT2D eigenvalue weighted by Crippen LogP contribution is -2.52. The third kappa shape index (κ3) is 18.2. The van der Waals surface area contributed by atoms with E-state index in [9.17, 15) is 33.6 Å². The van der Waals surface area contributed by atoms with Crippen LogP contribution in [0.5, 0.6) is 0 Å². The lowest BCUT2D eigenvalue weighted by atomic mass is 9.92. The molecule has 1 rings (SSSR count). The largest absolute Gasteiger partial charge is 0.356 e. The lowest BCUT2D eigenvalue weighted by molar-refractivity contribution is -0.131. The molecular weight excluding hydrogens is 580 g/mol. The molecule has 2 unspecified atom stereocenters. The van der Waals surface area contributed by atoms with Crippen molar-refractivity contribution < 1.29 is 33.6 Å². The Morgan fingerprint density at radius 2 is 1.31 bits per heavy atom. The molecule has 13 nitrogen and oxygen atoms in total. The average Bonchev–Trinajstić information content (AvgIpc) is 3.00. The maximum Gasteiger partial charge on any atom is 0.243 e. The first-order valence-electron chi connectivity index (χ1n) is 15.5. The van der Waals surface area contributed by atoms with E-state index in [2.05, 4.69) is 31.9 Å². The quantitative estimate of drug-likeness (QED) is 0.0788. The molecule has 1 aromatic rings. The zero-order chi connectivity index (χ0) is 33.6. The number of nitrogens with one attached hydrogen (secondary N) is 6. The Morgan fingerprint density at radius 3 is 1.96 bits per heavy atom. The Balaban J connectivity index is 2.38. The van der Waals surface area contributed by atoms with Gasteiger partial charge in [-0.15, -0.1) is 0 Å². The van der Waals surface area contributed by atoms with E-state index in [0.717, 1.165) is 11.8 Å². The Hall–Kier alpha value is -4.29. The molecule has 0 fully saturated rings. The van der Waals surface area contributed by atoms with Gasteiger partial charge in [0.05, 0.1) is 19.6 Å². The summed E-state index contributed by atoms with van der Waals surface area (Å²) in [5.41, 5.74) is 0.799. The highest BCUT2D eigenvalue weighted by atomic mass is 16.2. The number of hydrogen-bond donors (Lipinski definition) is 6. The number of carbonyl (C=O) groups is 7. The molecule has 0 aliphatic rings. The molecule has 13 heteroatoms. The molecule has 1 aromatic carbocycles. The molecule has 0 saturated carbocycles. The van der Waals surface area contributed by atoms with Gasteiger partial charge in [-0.05, 0) is 30.2 Å². The van der Waals surface area contributed by atoms with Crippen molar-refractivity contribution in [3.8, 4) is 0 Å². The molecule has 2 atom stereocenters. The maximum atomic E-state index is 12.8.